The first-order chi connectivity index (χ1) is 22.4. The molecule has 1 aliphatic carbocycles. The smallest absolute Gasteiger partial charge is 0.416 e. The van der Waals surface area contributed by atoms with Gasteiger partial charge in [-0.05, 0) is 44.4 Å². The fourth-order valence-electron chi connectivity index (χ4n) is 5.71. The zero-order chi connectivity index (χ0) is 33.6. The van der Waals surface area contributed by atoms with Crippen LogP contribution in [0.5, 0.6) is 5.75 Å². The molecule has 2 amide bonds. The number of rotatable bonds is 7. The van der Waals surface area contributed by atoms with E-state index in [-0.39, 0.29) is 83.1 Å². The summed E-state index contributed by atoms with van der Waals surface area (Å²) < 4.78 is 41.0. The number of nitrogens with zero attached hydrogens (tertiary/aromatic N) is 7. The summed E-state index contributed by atoms with van der Waals surface area (Å²) in [5.74, 6) is -1.14. The minimum atomic E-state index is -4.60. The first-order valence-corrected chi connectivity index (χ1v) is 15.4. The molecule has 2 N–H and O–H groups in total. The number of anilines is 2. The maximum atomic E-state index is 14.1. The van der Waals surface area contributed by atoms with Gasteiger partial charge < -0.3 is 24.8 Å². The van der Waals surface area contributed by atoms with Crippen molar-refractivity contribution in [2.75, 3.05) is 36.4 Å². The molecule has 2 fully saturated rings. The molecular weight excluding hydrogens is 641 g/mol. The third kappa shape index (κ3) is 6.31. The van der Waals surface area contributed by atoms with Crippen molar-refractivity contribution in [2.45, 2.75) is 51.7 Å². The molecule has 1 aliphatic heterocycles. The number of carbonyl (C=O) groups excluding carboxylic acids is 2. The molecule has 3 aromatic heterocycles. The van der Waals surface area contributed by atoms with Crippen molar-refractivity contribution in [3.63, 3.8) is 0 Å². The molecule has 12 nitrogen and oxygen atoms in total. The normalized spacial score (nSPS) is 15.3. The van der Waals surface area contributed by atoms with Gasteiger partial charge in [-0.25, -0.2) is 19.9 Å². The number of halogens is 4. The fourth-order valence-corrected chi connectivity index (χ4v) is 5.94. The van der Waals surface area contributed by atoms with Gasteiger partial charge in [-0.1, -0.05) is 18.5 Å². The van der Waals surface area contributed by atoms with E-state index in [2.05, 4.69) is 25.3 Å². The number of aryl methyl sites for hydroxylation is 1. The van der Waals surface area contributed by atoms with Crippen LogP contribution in [-0.2, 0) is 23.9 Å². The minimum Gasteiger partial charge on any atom is -0.504 e. The molecule has 0 radical (unpaired) electrons. The van der Waals surface area contributed by atoms with Crippen molar-refractivity contribution in [1.29, 1.82) is 0 Å². The summed E-state index contributed by atoms with van der Waals surface area (Å²) in [5.41, 5.74) is 0.713. The Morgan fingerprint density at radius 1 is 1.11 bits per heavy atom. The van der Waals surface area contributed by atoms with E-state index in [1.54, 1.807) is 17.7 Å². The van der Waals surface area contributed by atoms with Gasteiger partial charge in [-0.15, -0.1) is 0 Å². The van der Waals surface area contributed by atoms with E-state index in [0.29, 0.717) is 23.5 Å². The van der Waals surface area contributed by atoms with Crippen molar-refractivity contribution in [3.05, 3.63) is 74.3 Å². The lowest BCUT2D eigenvalue weighted by Gasteiger charge is -2.37. The van der Waals surface area contributed by atoms with E-state index in [4.69, 9.17) is 11.6 Å². The number of hydrogen-bond acceptors (Lipinski definition) is 9. The van der Waals surface area contributed by atoms with Crippen LogP contribution in [0.25, 0.3) is 11.2 Å². The summed E-state index contributed by atoms with van der Waals surface area (Å²) in [6, 6.07) is 2.65. The van der Waals surface area contributed by atoms with E-state index in [0.717, 1.165) is 31.0 Å². The third-order valence-corrected chi connectivity index (χ3v) is 8.66. The Morgan fingerprint density at radius 2 is 1.83 bits per heavy atom. The van der Waals surface area contributed by atoms with Gasteiger partial charge in [0.05, 0.1) is 33.9 Å². The molecule has 0 bridgehead atoms. The third-order valence-electron chi connectivity index (χ3n) is 8.35. The Kier molecular flexibility index (Phi) is 8.51. The standard InChI is InChI=1S/C31H30ClF3N8O4/c1-3-22-26(41-8-10-42(11-9-41)30(47)25-27(45)16(2)37-15-38-25)28(46)24-29(36-13-21(40-24)17-4-5-17)43(22)14-23(44)39-20-7-6-18(12-19(20)32)31(33,34)35/h6-7,12-13,15,17,45H,3-5,8-11,14H2,1-2H3,(H,39,44). The van der Waals surface area contributed by atoms with Gasteiger partial charge in [0, 0.05) is 37.8 Å². The van der Waals surface area contributed by atoms with Crippen LogP contribution in [0, 0.1) is 6.92 Å². The number of piperazine rings is 1. The molecule has 1 saturated carbocycles. The highest BCUT2D eigenvalue weighted by Gasteiger charge is 2.33. The fraction of sp³-hybridized carbons (Fsp3) is 0.387. The zero-order valence-corrected chi connectivity index (χ0v) is 26.2. The molecule has 4 heterocycles. The summed E-state index contributed by atoms with van der Waals surface area (Å²) in [4.78, 5) is 61.1. The first-order valence-electron chi connectivity index (χ1n) is 15.0. The molecule has 0 unspecified atom stereocenters. The SMILES string of the molecule is CCc1c(N2CCN(C(=O)c3ncnc(C)c3O)CC2)c(=O)c2nc(C3CC3)cnc2n1CC(=O)Nc1ccc(C(F)(F)F)cc1Cl. The molecular formula is C31H30ClF3N8O4. The van der Waals surface area contributed by atoms with E-state index >= 15 is 0 Å². The zero-order valence-electron chi connectivity index (χ0n) is 25.4. The van der Waals surface area contributed by atoms with Crippen LogP contribution in [0.3, 0.4) is 0 Å². The van der Waals surface area contributed by atoms with E-state index in [9.17, 15) is 32.7 Å². The number of fused-ring (bicyclic) bond motifs is 1. The number of benzene rings is 1. The quantitative estimate of drug-likeness (QED) is 0.294. The van der Waals surface area contributed by atoms with Crippen molar-refractivity contribution < 1.29 is 27.9 Å². The Labute approximate surface area is 271 Å². The first kappa shape index (κ1) is 32.2. The predicted octanol–water partition coefficient (Wildman–Crippen LogP) is 4.31. The van der Waals surface area contributed by atoms with Gasteiger partial charge in [-0.3, -0.25) is 14.4 Å². The van der Waals surface area contributed by atoms with Crippen LogP contribution >= 0.6 is 11.6 Å². The molecule has 6 rings (SSSR count). The van der Waals surface area contributed by atoms with Crippen molar-refractivity contribution in [1.82, 2.24) is 29.4 Å². The van der Waals surface area contributed by atoms with E-state index in [1.807, 2.05) is 11.8 Å². The van der Waals surface area contributed by atoms with Crippen molar-refractivity contribution in [3.8, 4) is 5.75 Å². The van der Waals surface area contributed by atoms with Crippen LogP contribution in [0.2, 0.25) is 5.02 Å². The molecule has 1 aromatic carbocycles. The van der Waals surface area contributed by atoms with Gasteiger partial charge in [0.2, 0.25) is 11.3 Å². The second-order valence-electron chi connectivity index (χ2n) is 11.5. The Hall–Kier alpha value is -4.79. The van der Waals surface area contributed by atoms with Gasteiger partial charge in [-0.2, -0.15) is 13.2 Å². The summed E-state index contributed by atoms with van der Waals surface area (Å²) in [6.07, 6.45) is 0.412. The van der Waals surface area contributed by atoms with Gasteiger partial charge >= 0.3 is 6.18 Å². The highest BCUT2D eigenvalue weighted by atomic mass is 35.5. The van der Waals surface area contributed by atoms with Crippen LogP contribution in [0.1, 0.15) is 58.8 Å². The molecule has 0 atom stereocenters. The Morgan fingerprint density at radius 3 is 2.47 bits per heavy atom. The lowest BCUT2D eigenvalue weighted by molar-refractivity contribution is -0.137. The number of pyridine rings is 1. The Balaban J connectivity index is 1.33. The second-order valence-corrected chi connectivity index (χ2v) is 11.9. The van der Waals surface area contributed by atoms with Crippen LogP contribution in [0.4, 0.5) is 24.5 Å². The number of aromatic hydroxyl groups is 1. The van der Waals surface area contributed by atoms with E-state index < -0.39 is 23.6 Å². The largest absolute Gasteiger partial charge is 0.504 e. The summed E-state index contributed by atoms with van der Waals surface area (Å²) in [5, 5.41) is 12.6. The highest BCUT2D eigenvalue weighted by Crippen LogP contribution is 2.39. The van der Waals surface area contributed by atoms with Gasteiger partial charge in [0.15, 0.2) is 22.6 Å². The lowest BCUT2D eigenvalue weighted by atomic mass is 10.1. The molecule has 2 aliphatic rings. The number of aromatic nitrogens is 5. The average Bonchev–Trinajstić information content (AvgIpc) is 3.89. The molecule has 16 heteroatoms. The number of hydrogen-bond donors (Lipinski definition) is 2. The molecule has 4 aromatic rings. The summed E-state index contributed by atoms with van der Waals surface area (Å²) >= 11 is 6.09. The monoisotopic (exact) mass is 670 g/mol. The number of carbonyl (C=O) groups is 2. The molecule has 47 heavy (non-hydrogen) atoms. The lowest BCUT2D eigenvalue weighted by Crippen LogP contribution is -2.50. The highest BCUT2D eigenvalue weighted by molar-refractivity contribution is 6.33. The number of amides is 2. The number of alkyl halides is 3. The van der Waals surface area contributed by atoms with Crippen LogP contribution in [-0.4, -0.2) is 72.5 Å². The van der Waals surface area contributed by atoms with E-state index in [1.165, 1.54) is 11.2 Å². The predicted molar refractivity (Wildman–Crippen MR) is 167 cm³/mol. The topological polar surface area (TPSA) is 146 Å². The van der Waals surface area contributed by atoms with Gasteiger partial charge in [0.25, 0.3) is 5.91 Å². The maximum absolute atomic E-state index is 14.1. The van der Waals surface area contributed by atoms with Crippen LogP contribution in [0.15, 0.2) is 35.5 Å². The van der Waals surface area contributed by atoms with Crippen molar-refractivity contribution in [2.24, 2.45) is 0 Å². The Bertz CT molecular complexity index is 1960. The molecule has 0 spiro atoms. The molecule has 1 saturated heterocycles. The summed E-state index contributed by atoms with van der Waals surface area (Å²) in [7, 11) is 0. The average molecular weight is 671 g/mol. The van der Waals surface area contributed by atoms with Crippen molar-refractivity contribution >= 4 is 46.0 Å². The van der Waals surface area contributed by atoms with Crippen LogP contribution < -0.4 is 15.6 Å². The molecule has 246 valence electrons. The summed E-state index contributed by atoms with van der Waals surface area (Å²) in [6.45, 7) is 4.06. The minimum absolute atomic E-state index is 0.00102. The second kappa shape index (κ2) is 12.4. The van der Waals surface area contributed by atoms with Gasteiger partial charge in [0.1, 0.15) is 18.6 Å². The maximum Gasteiger partial charge on any atom is 0.416 e. The number of nitrogens with one attached hydrogen (secondary N) is 1.